The van der Waals surface area contributed by atoms with Crippen molar-refractivity contribution in [1.82, 2.24) is 14.8 Å². The number of thioether (sulfide) groups is 1. The predicted molar refractivity (Wildman–Crippen MR) is 74.1 cm³/mol. The van der Waals surface area contributed by atoms with Gasteiger partial charge in [-0.15, -0.1) is 10.2 Å². The summed E-state index contributed by atoms with van der Waals surface area (Å²) in [5, 5.41) is 17.3. The van der Waals surface area contributed by atoms with Crippen molar-refractivity contribution in [3.05, 3.63) is 34.9 Å². The number of carbonyl (C=O) groups is 1. The molecule has 0 aliphatic carbocycles. The summed E-state index contributed by atoms with van der Waals surface area (Å²) in [4.78, 5) is 10.7. The molecule has 0 bridgehead atoms. The number of carboxylic acids is 1. The van der Waals surface area contributed by atoms with Crippen LogP contribution >= 0.6 is 23.4 Å². The third-order valence-corrected chi connectivity index (χ3v) is 3.71. The molecule has 106 valence electrons. The molecular weight excluding hydrogens is 305 g/mol. The van der Waals surface area contributed by atoms with E-state index in [1.165, 1.54) is 18.2 Å². The lowest BCUT2D eigenvalue weighted by Crippen LogP contribution is -2.05. The third-order valence-electron chi connectivity index (χ3n) is 2.49. The second-order valence-electron chi connectivity index (χ2n) is 3.87. The van der Waals surface area contributed by atoms with Crippen molar-refractivity contribution in [2.75, 3.05) is 5.75 Å². The Morgan fingerprint density at radius 3 is 2.85 bits per heavy atom. The van der Waals surface area contributed by atoms with Gasteiger partial charge in [-0.3, -0.25) is 9.36 Å². The van der Waals surface area contributed by atoms with Gasteiger partial charge in [-0.25, -0.2) is 4.39 Å². The number of carboxylic acid groups (broad SMARTS) is 1. The predicted octanol–water partition coefficient (Wildman–Crippen LogP) is 2.80. The minimum Gasteiger partial charge on any atom is -0.481 e. The SMILES string of the molecule is CCc1nnc(SCC(=O)O)n1-c1ccc(F)cc1Cl. The van der Waals surface area contributed by atoms with Gasteiger partial charge in [0.1, 0.15) is 11.6 Å². The smallest absolute Gasteiger partial charge is 0.313 e. The van der Waals surface area contributed by atoms with E-state index in [-0.39, 0.29) is 10.8 Å². The van der Waals surface area contributed by atoms with E-state index in [1.54, 1.807) is 4.57 Å². The average molecular weight is 316 g/mol. The van der Waals surface area contributed by atoms with E-state index in [4.69, 9.17) is 16.7 Å². The highest BCUT2D eigenvalue weighted by Crippen LogP contribution is 2.27. The molecule has 1 aromatic heterocycles. The van der Waals surface area contributed by atoms with Crippen molar-refractivity contribution < 1.29 is 14.3 Å². The van der Waals surface area contributed by atoms with Crippen LogP contribution in [0.2, 0.25) is 5.02 Å². The average Bonchev–Trinajstić information content (AvgIpc) is 2.79. The molecule has 0 atom stereocenters. The van der Waals surface area contributed by atoms with Crippen LogP contribution in [0, 0.1) is 5.82 Å². The standard InChI is InChI=1S/C12H11ClFN3O2S/c1-2-10-15-16-12(20-6-11(18)19)17(10)9-4-3-7(14)5-8(9)13/h3-5H,2,6H2,1H3,(H,18,19). The Morgan fingerprint density at radius 2 is 2.25 bits per heavy atom. The van der Waals surface area contributed by atoms with Crippen LogP contribution in [0.4, 0.5) is 4.39 Å². The summed E-state index contributed by atoms with van der Waals surface area (Å²) >= 11 is 7.08. The zero-order valence-electron chi connectivity index (χ0n) is 10.5. The Kier molecular flexibility index (Phi) is 4.61. The van der Waals surface area contributed by atoms with Crippen molar-refractivity contribution in [2.45, 2.75) is 18.5 Å². The molecule has 0 aliphatic heterocycles. The highest BCUT2D eigenvalue weighted by molar-refractivity contribution is 7.99. The summed E-state index contributed by atoms with van der Waals surface area (Å²) in [6.07, 6.45) is 0.592. The fourth-order valence-corrected chi connectivity index (χ4v) is 2.59. The van der Waals surface area contributed by atoms with Crippen LogP contribution in [-0.4, -0.2) is 31.6 Å². The number of halogens is 2. The lowest BCUT2D eigenvalue weighted by atomic mass is 10.3. The molecule has 1 heterocycles. The number of aryl methyl sites for hydroxylation is 1. The number of rotatable bonds is 5. The molecule has 0 radical (unpaired) electrons. The van der Waals surface area contributed by atoms with Gasteiger partial charge in [-0.1, -0.05) is 30.3 Å². The highest BCUT2D eigenvalue weighted by Gasteiger charge is 2.16. The van der Waals surface area contributed by atoms with Gasteiger partial charge in [0.2, 0.25) is 0 Å². The van der Waals surface area contributed by atoms with Gasteiger partial charge in [0.15, 0.2) is 5.16 Å². The number of hydrogen-bond acceptors (Lipinski definition) is 4. The minimum absolute atomic E-state index is 0.138. The molecule has 0 unspecified atom stereocenters. The van der Waals surface area contributed by atoms with Crippen LogP contribution in [0.1, 0.15) is 12.7 Å². The molecule has 20 heavy (non-hydrogen) atoms. The number of aromatic nitrogens is 3. The fraction of sp³-hybridized carbons (Fsp3) is 0.250. The van der Waals surface area contributed by atoms with E-state index in [0.717, 1.165) is 11.8 Å². The van der Waals surface area contributed by atoms with Crippen molar-refractivity contribution in [2.24, 2.45) is 0 Å². The number of benzene rings is 1. The minimum atomic E-state index is -0.951. The first kappa shape index (κ1) is 14.8. The molecular formula is C12H11ClFN3O2S. The maximum absolute atomic E-state index is 13.1. The van der Waals surface area contributed by atoms with E-state index >= 15 is 0 Å². The van der Waals surface area contributed by atoms with Crippen LogP contribution < -0.4 is 0 Å². The van der Waals surface area contributed by atoms with Gasteiger partial charge in [0, 0.05) is 6.42 Å². The maximum atomic E-state index is 13.1. The van der Waals surface area contributed by atoms with Crippen LogP contribution in [0.25, 0.3) is 5.69 Å². The summed E-state index contributed by atoms with van der Waals surface area (Å²) < 4.78 is 14.8. The van der Waals surface area contributed by atoms with E-state index < -0.39 is 11.8 Å². The normalized spacial score (nSPS) is 10.8. The first-order valence-corrected chi connectivity index (χ1v) is 7.13. The second-order valence-corrected chi connectivity index (χ2v) is 5.22. The summed E-state index contributed by atoms with van der Waals surface area (Å²) in [6.45, 7) is 1.89. The monoisotopic (exact) mass is 315 g/mol. The summed E-state index contributed by atoms with van der Waals surface area (Å²) in [6, 6.07) is 4.00. The van der Waals surface area contributed by atoms with Crippen LogP contribution in [0.3, 0.4) is 0 Å². The second kappa shape index (κ2) is 6.23. The number of aliphatic carboxylic acids is 1. The van der Waals surface area contributed by atoms with E-state index in [2.05, 4.69) is 10.2 Å². The van der Waals surface area contributed by atoms with Gasteiger partial charge >= 0.3 is 5.97 Å². The first-order chi connectivity index (χ1) is 9.52. The lowest BCUT2D eigenvalue weighted by molar-refractivity contribution is -0.133. The van der Waals surface area contributed by atoms with Crippen molar-refractivity contribution in [1.29, 1.82) is 0 Å². The number of hydrogen-bond donors (Lipinski definition) is 1. The summed E-state index contributed by atoms with van der Waals surface area (Å²) in [7, 11) is 0. The van der Waals surface area contributed by atoms with Gasteiger partial charge < -0.3 is 5.11 Å². The molecule has 8 heteroatoms. The van der Waals surface area contributed by atoms with Gasteiger partial charge in [-0.2, -0.15) is 0 Å². The quantitative estimate of drug-likeness (QED) is 0.859. The molecule has 1 N–H and O–H groups in total. The molecule has 0 saturated heterocycles. The van der Waals surface area contributed by atoms with Gasteiger partial charge in [0.05, 0.1) is 16.5 Å². The van der Waals surface area contributed by atoms with Crippen molar-refractivity contribution in [3.8, 4) is 5.69 Å². The molecule has 0 saturated carbocycles. The van der Waals surface area contributed by atoms with E-state index in [0.29, 0.717) is 23.1 Å². The number of nitrogens with zero attached hydrogens (tertiary/aromatic N) is 3. The zero-order chi connectivity index (χ0) is 14.7. The topological polar surface area (TPSA) is 68.0 Å². The maximum Gasteiger partial charge on any atom is 0.313 e. The fourth-order valence-electron chi connectivity index (χ4n) is 1.65. The Morgan fingerprint density at radius 1 is 1.50 bits per heavy atom. The summed E-state index contributed by atoms with van der Waals surface area (Å²) in [5.74, 6) is -0.899. The molecule has 2 aromatic rings. The summed E-state index contributed by atoms with van der Waals surface area (Å²) in [5.41, 5.74) is 0.530. The Bertz CT molecular complexity index is 648. The van der Waals surface area contributed by atoms with E-state index in [9.17, 15) is 9.18 Å². The van der Waals surface area contributed by atoms with Crippen molar-refractivity contribution >= 4 is 29.3 Å². The molecule has 2 rings (SSSR count). The molecule has 0 spiro atoms. The van der Waals surface area contributed by atoms with Gasteiger partial charge in [0.25, 0.3) is 0 Å². The Balaban J connectivity index is 2.47. The van der Waals surface area contributed by atoms with Crippen LogP contribution in [0.5, 0.6) is 0 Å². The molecule has 0 fully saturated rings. The Labute approximate surface area is 123 Å². The largest absolute Gasteiger partial charge is 0.481 e. The highest BCUT2D eigenvalue weighted by atomic mass is 35.5. The van der Waals surface area contributed by atoms with Crippen LogP contribution in [0.15, 0.2) is 23.4 Å². The zero-order valence-corrected chi connectivity index (χ0v) is 12.1. The van der Waals surface area contributed by atoms with Crippen LogP contribution in [-0.2, 0) is 11.2 Å². The molecule has 5 nitrogen and oxygen atoms in total. The first-order valence-electron chi connectivity index (χ1n) is 5.77. The molecule has 0 aliphatic rings. The molecule has 0 amide bonds. The van der Waals surface area contributed by atoms with Gasteiger partial charge in [-0.05, 0) is 18.2 Å². The Hall–Kier alpha value is -1.60. The van der Waals surface area contributed by atoms with E-state index in [1.807, 2.05) is 6.92 Å². The van der Waals surface area contributed by atoms with Crippen molar-refractivity contribution in [3.63, 3.8) is 0 Å². The lowest BCUT2D eigenvalue weighted by Gasteiger charge is -2.10. The third kappa shape index (κ3) is 3.10. The molecule has 1 aromatic carbocycles.